The molecule has 2 N–H and O–H groups in total. The minimum absolute atomic E-state index is 0.000686. The first-order chi connectivity index (χ1) is 8.58. The molecular formula is C15H28O3. The second-order valence-electron chi connectivity index (χ2n) is 5.94. The monoisotopic (exact) mass is 256 g/mol. The molecule has 0 aromatic carbocycles. The van der Waals surface area contributed by atoms with Crippen LogP contribution in [0.4, 0.5) is 0 Å². The van der Waals surface area contributed by atoms with Crippen molar-refractivity contribution >= 4 is 5.78 Å². The maximum Gasteiger partial charge on any atom is 0.138 e. The van der Waals surface area contributed by atoms with Gasteiger partial charge in [0.15, 0.2) is 0 Å². The molecule has 0 aliphatic heterocycles. The van der Waals surface area contributed by atoms with Crippen LogP contribution in [0.25, 0.3) is 0 Å². The highest BCUT2D eigenvalue weighted by atomic mass is 16.3. The lowest BCUT2D eigenvalue weighted by Crippen LogP contribution is -2.20. The van der Waals surface area contributed by atoms with Gasteiger partial charge in [0.2, 0.25) is 0 Å². The smallest absolute Gasteiger partial charge is 0.138 e. The normalized spacial score (nSPS) is 33.9. The number of aliphatic hydroxyl groups excluding tert-OH is 2. The number of aliphatic hydroxyl groups is 2. The predicted molar refractivity (Wildman–Crippen MR) is 72.4 cm³/mol. The van der Waals surface area contributed by atoms with Crippen LogP contribution in [0, 0.1) is 5.92 Å². The fourth-order valence-corrected chi connectivity index (χ4v) is 2.78. The third kappa shape index (κ3) is 7.12. The zero-order chi connectivity index (χ0) is 13.4. The Labute approximate surface area is 111 Å². The fraction of sp³-hybridized carbons (Fsp3) is 0.933. The molecule has 0 aromatic heterocycles. The standard InChI is InChI=1S/C15H28O3/c1-12-7-5-3-2-4-6-8-13(16)10-15(18)11-14(17)9-12/h12-14,16-17H,2-11H2,1H3. The molecule has 3 heteroatoms. The molecule has 0 amide bonds. The SMILES string of the molecule is CC1CCCCCCCC(O)CC(=O)CC(O)C1. The quantitative estimate of drug-likeness (QED) is 0.700. The molecule has 3 atom stereocenters. The molecule has 18 heavy (non-hydrogen) atoms. The summed E-state index contributed by atoms with van der Waals surface area (Å²) in [7, 11) is 0. The summed E-state index contributed by atoms with van der Waals surface area (Å²) in [6.45, 7) is 2.15. The average Bonchev–Trinajstić information content (AvgIpc) is 2.25. The second-order valence-corrected chi connectivity index (χ2v) is 5.94. The zero-order valence-electron chi connectivity index (χ0n) is 11.6. The third-order valence-corrected chi connectivity index (χ3v) is 3.84. The summed E-state index contributed by atoms with van der Waals surface area (Å²) in [5.74, 6) is 0.486. The van der Waals surface area contributed by atoms with E-state index in [9.17, 15) is 15.0 Å². The van der Waals surface area contributed by atoms with Crippen molar-refractivity contribution in [2.75, 3.05) is 0 Å². The van der Waals surface area contributed by atoms with E-state index in [0.29, 0.717) is 12.3 Å². The summed E-state index contributed by atoms with van der Waals surface area (Å²) in [4.78, 5) is 11.7. The van der Waals surface area contributed by atoms with Crippen LogP contribution in [-0.4, -0.2) is 28.2 Å². The maximum atomic E-state index is 11.7. The average molecular weight is 256 g/mol. The van der Waals surface area contributed by atoms with Gasteiger partial charge in [0.1, 0.15) is 5.78 Å². The Morgan fingerprint density at radius 3 is 2.17 bits per heavy atom. The Hall–Kier alpha value is -0.410. The largest absolute Gasteiger partial charge is 0.393 e. The minimum atomic E-state index is -0.525. The lowest BCUT2D eigenvalue weighted by molar-refractivity contribution is -0.123. The summed E-state index contributed by atoms with van der Waals surface area (Å²) < 4.78 is 0. The first-order valence-electron chi connectivity index (χ1n) is 7.45. The molecule has 0 aromatic rings. The van der Waals surface area contributed by atoms with Gasteiger partial charge in [-0.15, -0.1) is 0 Å². The van der Waals surface area contributed by atoms with Crippen LogP contribution in [0.15, 0.2) is 0 Å². The van der Waals surface area contributed by atoms with E-state index in [-0.39, 0.29) is 18.6 Å². The molecule has 0 bridgehead atoms. The summed E-state index contributed by atoms with van der Waals surface area (Å²) in [5, 5.41) is 19.6. The maximum absolute atomic E-state index is 11.7. The Balaban J connectivity index is 2.43. The third-order valence-electron chi connectivity index (χ3n) is 3.84. The molecule has 1 aliphatic carbocycles. The predicted octanol–water partition coefficient (Wildman–Crippen LogP) is 2.83. The van der Waals surface area contributed by atoms with Gasteiger partial charge in [0.05, 0.1) is 12.2 Å². The first-order valence-corrected chi connectivity index (χ1v) is 7.45. The summed E-state index contributed by atoms with van der Waals surface area (Å²) in [6, 6.07) is 0. The van der Waals surface area contributed by atoms with Gasteiger partial charge in [-0.1, -0.05) is 45.4 Å². The summed E-state index contributed by atoms with van der Waals surface area (Å²) in [6.07, 6.45) is 7.80. The molecule has 0 heterocycles. The summed E-state index contributed by atoms with van der Waals surface area (Å²) in [5.41, 5.74) is 0. The molecule has 106 valence electrons. The molecule has 3 nitrogen and oxygen atoms in total. The van der Waals surface area contributed by atoms with Crippen LogP contribution in [0.2, 0.25) is 0 Å². The number of carbonyl (C=O) groups is 1. The van der Waals surface area contributed by atoms with E-state index in [2.05, 4.69) is 6.92 Å². The summed E-state index contributed by atoms with van der Waals surface area (Å²) >= 11 is 0. The molecule has 0 spiro atoms. The highest BCUT2D eigenvalue weighted by molar-refractivity contribution is 5.79. The van der Waals surface area contributed by atoms with Crippen molar-refractivity contribution in [3.8, 4) is 0 Å². The lowest BCUT2D eigenvalue weighted by Gasteiger charge is -2.17. The fourth-order valence-electron chi connectivity index (χ4n) is 2.78. The van der Waals surface area contributed by atoms with Gasteiger partial charge in [0, 0.05) is 12.8 Å². The Kier molecular flexibility index (Phi) is 7.52. The van der Waals surface area contributed by atoms with Crippen molar-refractivity contribution in [1.29, 1.82) is 0 Å². The van der Waals surface area contributed by atoms with Crippen molar-refractivity contribution in [2.45, 2.75) is 83.3 Å². The van der Waals surface area contributed by atoms with Crippen molar-refractivity contribution in [3.05, 3.63) is 0 Å². The van der Waals surface area contributed by atoms with Gasteiger partial charge in [-0.2, -0.15) is 0 Å². The number of hydrogen-bond donors (Lipinski definition) is 2. The Morgan fingerprint density at radius 1 is 0.889 bits per heavy atom. The van der Waals surface area contributed by atoms with Crippen molar-refractivity contribution in [2.24, 2.45) is 5.92 Å². The van der Waals surface area contributed by atoms with Crippen LogP contribution in [0.1, 0.15) is 71.1 Å². The number of rotatable bonds is 0. The number of ketones is 1. The molecule has 1 rings (SSSR count). The minimum Gasteiger partial charge on any atom is -0.393 e. The second kappa shape index (κ2) is 8.65. The Morgan fingerprint density at radius 2 is 1.44 bits per heavy atom. The zero-order valence-corrected chi connectivity index (χ0v) is 11.6. The highest BCUT2D eigenvalue weighted by Crippen LogP contribution is 2.19. The molecule has 0 radical (unpaired) electrons. The van der Waals surface area contributed by atoms with E-state index in [4.69, 9.17) is 0 Å². The van der Waals surface area contributed by atoms with Gasteiger partial charge in [-0.05, 0) is 18.8 Å². The molecule has 3 unspecified atom stereocenters. The van der Waals surface area contributed by atoms with Crippen LogP contribution >= 0.6 is 0 Å². The molecule has 0 saturated heterocycles. The van der Waals surface area contributed by atoms with Crippen LogP contribution < -0.4 is 0 Å². The number of hydrogen-bond acceptors (Lipinski definition) is 3. The Bertz CT molecular complexity index is 240. The van der Waals surface area contributed by atoms with E-state index in [1.807, 2.05) is 0 Å². The van der Waals surface area contributed by atoms with Gasteiger partial charge >= 0.3 is 0 Å². The van der Waals surface area contributed by atoms with Crippen molar-refractivity contribution < 1.29 is 15.0 Å². The van der Waals surface area contributed by atoms with Gasteiger partial charge in [0.25, 0.3) is 0 Å². The van der Waals surface area contributed by atoms with E-state index >= 15 is 0 Å². The topological polar surface area (TPSA) is 57.5 Å². The molecule has 1 fully saturated rings. The molecular weight excluding hydrogens is 228 g/mol. The molecule has 1 aliphatic rings. The number of Topliss-reactive ketones (excluding diaryl/α,β-unsaturated/α-hetero) is 1. The van der Waals surface area contributed by atoms with Crippen LogP contribution in [0.5, 0.6) is 0 Å². The highest BCUT2D eigenvalue weighted by Gasteiger charge is 2.17. The van der Waals surface area contributed by atoms with E-state index in [0.717, 1.165) is 25.7 Å². The number of carbonyl (C=O) groups excluding carboxylic acids is 1. The molecule has 1 saturated carbocycles. The van der Waals surface area contributed by atoms with E-state index in [1.165, 1.54) is 19.3 Å². The van der Waals surface area contributed by atoms with Crippen molar-refractivity contribution in [1.82, 2.24) is 0 Å². The van der Waals surface area contributed by atoms with E-state index < -0.39 is 12.2 Å². The van der Waals surface area contributed by atoms with Gasteiger partial charge in [-0.25, -0.2) is 0 Å². The van der Waals surface area contributed by atoms with Gasteiger partial charge < -0.3 is 10.2 Å². The van der Waals surface area contributed by atoms with Crippen LogP contribution in [0.3, 0.4) is 0 Å². The van der Waals surface area contributed by atoms with Gasteiger partial charge in [-0.3, -0.25) is 4.79 Å². The van der Waals surface area contributed by atoms with Crippen LogP contribution in [-0.2, 0) is 4.79 Å². The first kappa shape index (κ1) is 15.6. The van der Waals surface area contributed by atoms with E-state index in [1.54, 1.807) is 0 Å². The lowest BCUT2D eigenvalue weighted by atomic mass is 9.92. The van der Waals surface area contributed by atoms with Crippen molar-refractivity contribution in [3.63, 3.8) is 0 Å².